The Morgan fingerprint density at radius 2 is 1.63 bits per heavy atom. The molecule has 1 atom stereocenters. The first-order chi connectivity index (χ1) is 14.9. The first-order valence-electron chi connectivity index (χ1n) is 9.84. The Hall–Kier alpha value is -4.12. The van der Waals surface area contributed by atoms with Crippen LogP contribution in [0.2, 0.25) is 0 Å². The van der Waals surface area contributed by atoms with Crippen molar-refractivity contribution < 1.29 is 0 Å². The highest BCUT2D eigenvalue weighted by molar-refractivity contribution is 5.86. The molecule has 0 saturated carbocycles. The Balaban J connectivity index is 1.67. The SMILES string of the molecule is c1cnc2ccc(C(c3cncc4ccccc34)c3cnc4cccnn34)cc2c1. The fourth-order valence-corrected chi connectivity index (χ4v) is 4.20. The zero-order chi connectivity index (χ0) is 19.9. The van der Waals surface area contributed by atoms with Crippen LogP contribution < -0.4 is 0 Å². The number of imidazole rings is 1. The highest BCUT2D eigenvalue weighted by atomic mass is 15.3. The third-order valence-electron chi connectivity index (χ3n) is 5.57. The minimum atomic E-state index is -0.0712. The number of rotatable bonds is 3. The average molecular weight is 387 g/mol. The van der Waals surface area contributed by atoms with E-state index in [2.05, 4.69) is 62.5 Å². The molecule has 5 heteroatoms. The van der Waals surface area contributed by atoms with Gasteiger partial charge in [0.25, 0.3) is 0 Å². The van der Waals surface area contributed by atoms with E-state index in [1.807, 2.05) is 53.6 Å². The van der Waals surface area contributed by atoms with E-state index in [0.717, 1.165) is 38.8 Å². The number of hydrogen-bond donors (Lipinski definition) is 0. The van der Waals surface area contributed by atoms with Crippen molar-refractivity contribution >= 4 is 27.3 Å². The van der Waals surface area contributed by atoms with Gasteiger partial charge >= 0.3 is 0 Å². The summed E-state index contributed by atoms with van der Waals surface area (Å²) >= 11 is 0. The number of nitrogens with zero attached hydrogens (tertiary/aromatic N) is 5. The molecule has 0 aliphatic heterocycles. The van der Waals surface area contributed by atoms with E-state index in [0.29, 0.717) is 0 Å². The lowest BCUT2D eigenvalue weighted by molar-refractivity contribution is 0.817. The molecular formula is C25H17N5. The van der Waals surface area contributed by atoms with E-state index in [1.54, 1.807) is 6.20 Å². The van der Waals surface area contributed by atoms with Crippen LogP contribution >= 0.6 is 0 Å². The predicted octanol–water partition coefficient (Wildman–Crippen LogP) is 5.01. The zero-order valence-electron chi connectivity index (χ0n) is 16.1. The summed E-state index contributed by atoms with van der Waals surface area (Å²) in [5.74, 6) is -0.0712. The fourth-order valence-electron chi connectivity index (χ4n) is 4.20. The molecule has 0 radical (unpaired) electrons. The zero-order valence-corrected chi connectivity index (χ0v) is 16.1. The second-order valence-electron chi connectivity index (χ2n) is 7.32. The number of benzene rings is 2. The second-order valence-corrected chi connectivity index (χ2v) is 7.32. The molecule has 6 rings (SSSR count). The number of pyridine rings is 2. The Labute approximate surface area is 172 Å². The number of aromatic nitrogens is 5. The highest BCUT2D eigenvalue weighted by Crippen LogP contribution is 2.36. The van der Waals surface area contributed by atoms with Crippen LogP contribution in [0, 0.1) is 0 Å². The molecule has 30 heavy (non-hydrogen) atoms. The van der Waals surface area contributed by atoms with E-state index in [-0.39, 0.29) is 5.92 Å². The van der Waals surface area contributed by atoms with Gasteiger partial charge in [0.05, 0.1) is 23.3 Å². The van der Waals surface area contributed by atoms with Crippen LogP contribution in [-0.2, 0) is 0 Å². The van der Waals surface area contributed by atoms with Crippen LogP contribution in [0.5, 0.6) is 0 Å². The minimum absolute atomic E-state index is 0.0712. The van der Waals surface area contributed by atoms with Crippen molar-refractivity contribution in [3.8, 4) is 0 Å². The molecule has 0 bridgehead atoms. The summed E-state index contributed by atoms with van der Waals surface area (Å²) in [6.07, 6.45) is 9.40. The quantitative estimate of drug-likeness (QED) is 0.428. The van der Waals surface area contributed by atoms with Crippen molar-refractivity contribution in [2.75, 3.05) is 0 Å². The van der Waals surface area contributed by atoms with E-state index in [9.17, 15) is 0 Å². The largest absolute Gasteiger partial charge is 0.264 e. The maximum atomic E-state index is 4.60. The highest BCUT2D eigenvalue weighted by Gasteiger charge is 2.24. The Bertz CT molecular complexity index is 1510. The number of hydrogen-bond acceptors (Lipinski definition) is 4. The first-order valence-corrected chi connectivity index (χ1v) is 9.84. The van der Waals surface area contributed by atoms with Gasteiger partial charge in [0, 0.05) is 35.6 Å². The Kier molecular flexibility index (Phi) is 3.77. The molecule has 2 aromatic carbocycles. The van der Waals surface area contributed by atoms with Crippen LogP contribution in [0.4, 0.5) is 0 Å². The minimum Gasteiger partial charge on any atom is -0.264 e. The van der Waals surface area contributed by atoms with Crippen molar-refractivity contribution in [2.24, 2.45) is 0 Å². The Morgan fingerprint density at radius 3 is 2.63 bits per heavy atom. The van der Waals surface area contributed by atoms with E-state index in [1.165, 1.54) is 5.39 Å². The lowest BCUT2D eigenvalue weighted by Gasteiger charge is -2.19. The van der Waals surface area contributed by atoms with Gasteiger partial charge in [-0.25, -0.2) is 9.50 Å². The smallest absolute Gasteiger partial charge is 0.153 e. The topological polar surface area (TPSA) is 56.0 Å². The van der Waals surface area contributed by atoms with Gasteiger partial charge in [0.15, 0.2) is 5.65 Å². The predicted molar refractivity (Wildman–Crippen MR) is 117 cm³/mol. The van der Waals surface area contributed by atoms with Gasteiger partial charge in [-0.15, -0.1) is 0 Å². The van der Waals surface area contributed by atoms with Gasteiger partial charge in [0.1, 0.15) is 0 Å². The number of fused-ring (bicyclic) bond motifs is 3. The molecule has 4 aromatic heterocycles. The maximum Gasteiger partial charge on any atom is 0.153 e. The van der Waals surface area contributed by atoms with Crippen LogP contribution in [-0.4, -0.2) is 24.6 Å². The molecule has 0 aliphatic carbocycles. The molecular weight excluding hydrogens is 370 g/mol. The summed E-state index contributed by atoms with van der Waals surface area (Å²) in [4.78, 5) is 13.6. The molecule has 0 aliphatic rings. The van der Waals surface area contributed by atoms with Gasteiger partial charge in [-0.05, 0) is 46.8 Å². The molecule has 0 amide bonds. The first kappa shape index (κ1) is 16.8. The second kappa shape index (κ2) is 6.74. The van der Waals surface area contributed by atoms with Gasteiger partial charge in [-0.1, -0.05) is 36.4 Å². The van der Waals surface area contributed by atoms with Gasteiger partial charge < -0.3 is 0 Å². The summed E-state index contributed by atoms with van der Waals surface area (Å²) in [7, 11) is 0. The summed E-state index contributed by atoms with van der Waals surface area (Å²) in [6.45, 7) is 0. The average Bonchev–Trinajstić information content (AvgIpc) is 3.23. The summed E-state index contributed by atoms with van der Waals surface area (Å²) in [5, 5.41) is 7.97. The van der Waals surface area contributed by atoms with E-state index in [4.69, 9.17) is 0 Å². The molecule has 1 unspecified atom stereocenters. The fraction of sp³-hybridized carbons (Fsp3) is 0.0400. The van der Waals surface area contributed by atoms with Gasteiger partial charge in [0.2, 0.25) is 0 Å². The molecule has 6 aromatic rings. The van der Waals surface area contributed by atoms with Crippen molar-refractivity contribution in [3.63, 3.8) is 0 Å². The van der Waals surface area contributed by atoms with Gasteiger partial charge in [-0.2, -0.15) is 5.10 Å². The molecule has 4 heterocycles. The lowest BCUT2D eigenvalue weighted by atomic mass is 9.86. The monoisotopic (exact) mass is 387 g/mol. The lowest BCUT2D eigenvalue weighted by Crippen LogP contribution is -2.09. The van der Waals surface area contributed by atoms with Crippen molar-refractivity contribution in [1.29, 1.82) is 0 Å². The van der Waals surface area contributed by atoms with E-state index >= 15 is 0 Å². The van der Waals surface area contributed by atoms with Crippen LogP contribution in [0.15, 0.2) is 97.7 Å². The molecule has 0 N–H and O–H groups in total. The maximum absolute atomic E-state index is 4.60. The third kappa shape index (κ3) is 2.63. The third-order valence-corrected chi connectivity index (χ3v) is 5.57. The summed E-state index contributed by atoms with van der Waals surface area (Å²) in [5.41, 5.74) is 5.09. The van der Waals surface area contributed by atoms with E-state index < -0.39 is 0 Å². The Morgan fingerprint density at radius 1 is 0.733 bits per heavy atom. The molecule has 0 fully saturated rings. The normalized spacial score (nSPS) is 12.5. The molecule has 0 spiro atoms. The summed E-state index contributed by atoms with van der Waals surface area (Å²) < 4.78 is 1.92. The van der Waals surface area contributed by atoms with Crippen molar-refractivity contribution in [2.45, 2.75) is 5.92 Å². The van der Waals surface area contributed by atoms with Crippen molar-refractivity contribution in [1.82, 2.24) is 24.6 Å². The van der Waals surface area contributed by atoms with Crippen LogP contribution in [0.25, 0.3) is 27.3 Å². The molecule has 5 nitrogen and oxygen atoms in total. The molecule has 142 valence electrons. The van der Waals surface area contributed by atoms with Crippen LogP contribution in [0.1, 0.15) is 22.7 Å². The molecule has 0 saturated heterocycles. The van der Waals surface area contributed by atoms with Crippen molar-refractivity contribution in [3.05, 3.63) is 115 Å². The summed E-state index contributed by atoms with van der Waals surface area (Å²) in [6, 6.07) is 22.7. The van der Waals surface area contributed by atoms with Crippen LogP contribution in [0.3, 0.4) is 0 Å². The van der Waals surface area contributed by atoms with Gasteiger partial charge in [-0.3, -0.25) is 9.97 Å². The standard InChI is InChI=1S/C25H17N5/c1-2-7-20-19(5-1)14-26-15-21(20)25(23-16-28-24-8-4-12-29-30(23)24)18-9-10-22-17(13-18)6-3-11-27-22/h1-16,25H.